The van der Waals surface area contributed by atoms with Gasteiger partial charge in [-0.15, -0.1) is 0 Å². The molecular weight excluding hydrogens is 270 g/mol. The summed E-state index contributed by atoms with van der Waals surface area (Å²) in [5, 5.41) is 3.29. The van der Waals surface area contributed by atoms with Crippen molar-refractivity contribution >= 4 is 5.91 Å². The highest BCUT2D eigenvalue weighted by atomic mass is 16.5. The Kier molecular flexibility index (Phi) is 9.77. The summed E-state index contributed by atoms with van der Waals surface area (Å²) in [5.74, 6) is -0.318. The van der Waals surface area contributed by atoms with E-state index in [9.17, 15) is 4.79 Å². The molecule has 2 atom stereocenters. The number of ether oxygens (including phenoxy) is 2. The molecule has 0 aliphatic heterocycles. The van der Waals surface area contributed by atoms with E-state index in [-0.39, 0.29) is 18.0 Å². The van der Waals surface area contributed by atoms with Gasteiger partial charge < -0.3 is 20.5 Å². The molecule has 1 amide bonds. The first-order valence-corrected chi connectivity index (χ1v) is 7.56. The molecule has 0 rings (SSSR count). The van der Waals surface area contributed by atoms with Gasteiger partial charge in [0.2, 0.25) is 5.91 Å². The largest absolute Gasteiger partial charge is 0.383 e. The van der Waals surface area contributed by atoms with E-state index in [1.807, 2.05) is 20.8 Å². The molecule has 0 bridgehead atoms. The second-order valence-electron chi connectivity index (χ2n) is 6.07. The number of primary amides is 1. The number of carbonyl (C=O) groups excluding carboxylic acids is 1. The third-order valence-corrected chi connectivity index (χ3v) is 3.64. The number of hydrogen-bond acceptors (Lipinski definition) is 5. The molecule has 0 heterocycles. The van der Waals surface area contributed by atoms with Crippen LogP contribution in [0.2, 0.25) is 0 Å². The van der Waals surface area contributed by atoms with E-state index >= 15 is 0 Å². The van der Waals surface area contributed by atoms with Gasteiger partial charge in [-0.05, 0) is 34.1 Å². The third-order valence-electron chi connectivity index (χ3n) is 3.64. The van der Waals surface area contributed by atoms with Crippen molar-refractivity contribution in [2.45, 2.75) is 51.7 Å². The number of methoxy groups -OCH3 is 2. The zero-order valence-corrected chi connectivity index (χ0v) is 14.4. The zero-order valence-electron chi connectivity index (χ0n) is 14.4. The van der Waals surface area contributed by atoms with Crippen LogP contribution in [0.25, 0.3) is 0 Å². The summed E-state index contributed by atoms with van der Waals surface area (Å²) < 4.78 is 10.3. The van der Waals surface area contributed by atoms with Crippen LogP contribution in [0, 0.1) is 0 Å². The number of amides is 1. The Morgan fingerprint density at radius 2 is 1.67 bits per heavy atom. The van der Waals surface area contributed by atoms with E-state index in [0.29, 0.717) is 19.6 Å². The van der Waals surface area contributed by atoms with E-state index in [1.54, 1.807) is 14.2 Å². The summed E-state index contributed by atoms with van der Waals surface area (Å²) in [6.45, 7) is 10.9. The van der Waals surface area contributed by atoms with Crippen LogP contribution in [-0.2, 0) is 14.3 Å². The van der Waals surface area contributed by atoms with Crippen LogP contribution in [0.5, 0.6) is 0 Å². The Labute approximate surface area is 129 Å². The molecule has 0 fully saturated rings. The van der Waals surface area contributed by atoms with Crippen molar-refractivity contribution in [2.75, 3.05) is 40.5 Å². The van der Waals surface area contributed by atoms with E-state index in [2.05, 4.69) is 17.1 Å². The van der Waals surface area contributed by atoms with Gasteiger partial charge >= 0.3 is 0 Å². The minimum atomic E-state index is -0.716. The quantitative estimate of drug-likeness (QED) is 0.552. The highest BCUT2D eigenvalue weighted by Gasteiger charge is 2.34. The van der Waals surface area contributed by atoms with E-state index in [0.717, 1.165) is 13.1 Å². The molecule has 6 nitrogen and oxygen atoms in total. The van der Waals surface area contributed by atoms with Gasteiger partial charge in [-0.2, -0.15) is 0 Å². The minimum absolute atomic E-state index is 0.194. The first-order valence-electron chi connectivity index (χ1n) is 7.56. The van der Waals surface area contributed by atoms with Crippen LogP contribution < -0.4 is 11.1 Å². The van der Waals surface area contributed by atoms with Crippen molar-refractivity contribution in [3.8, 4) is 0 Å². The fourth-order valence-corrected chi connectivity index (χ4v) is 2.56. The molecule has 126 valence electrons. The van der Waals surface area contributed by atoms with Gasteiger partial charge in [0.15, 0.2) is 0 Å². The number of nitrogens with zero attached hydrogens (tertiary/aromatic N) is 1. The van der Waals surface area contributed by atoms with Gasteiger partial charge in [0.1, 0.15) is 0 Å². The lowest BCUT2D eigenvalue weighted by molar-refractivity contribution is -0.125. The summed E-state index contributed by atoms with van der Waals surface area (Å²) in [6.07, 6.45) is 0.647. The van der Waals surface area contributed by atoms with Crippen molar-refractivity contribution in [3.05, 3.63) is 0 Å². The number of nitrogens with one attached hydrogen (secondary N) is 1. The van der Waals surface area contributed by atoms with Crippen LogP contribution in [0.1, 0.15) is 34.1 Å². The Bertz CT molecular complexity index is 292. The minimum Gasteiger partial charge on any atom is -0.383 e. The van der Waals surface area contributed by atoms with Crippen LogP contribution >= 0.6 is 0 Å². The molecule has 0 radical (unpaired) electrons. The maximum Gasteiger partial charge on any atom is 0.237 e. The summed E-state index contributed by atoms with van der Waals surface area (Å²) in [5.41, 5.74) is 4.88. The molecule has 3 N–H and O–H groups in total. The lowest BCUT2D eigenvalue weighted by atomic mass is 9.91. The molecule has 0 aliphatic rings. The number of hydrogen-bond donors (Lipinski definition) is 2. The zero-order chi connectivity index (χ0) is 16.5. The van der Waals surface area contributed by atoms with E-state index in [4.69, 9.17) is 15.2 Å². The standard InChI is InChI=1S/C15H33N3O3/c1-12(2)17-15(4,14(16)19)11-13(3)18(7-9-20-5)8-10-21-6/h12-13,17H,7-11H2,1-6H3,(H2,16,19). The van der Waals surface area contributed by atoms with Crippen LogP contribution in [0.15, 0.2) is 0 Å². The number of rotatable bonds is 12. The molecule has 0 spiro atoms. The highest BCUT2D eigenvalue weighted by Crippen LogP contribution is 2.17. The van der Waals surface area contributed by atoms with Crippen LogP contribution in [0.4, 0.5) is 0 Å². The molecule has 0 aromatic heterocycles. The van der Waals surface area contributed by atoms with Crippen LogP contribution in [0.3, 0.4) is 0 Å². The average molecular weight is 303 g/mol. The predicted octanol–water partition coefficient (Wildman–Crippen LogP) is 0.602. The monoisotopic (exact) mass is 303 g/mol. The maximum atomic E-state index is 11.8. The Hall–Kier alpha value is -0.690. The normalized spacial score (nSPS) is 16.2. The molecule has 0 aromatic carbocycles. The third kappa shape index (κ3) is 7.76. The molecule has 2 unspecified atom stereocenters. The summed E-state index contributed by atoms with van der Waals surface area (Å²) in [6, 6.07) is 0.389. The molecule has 0 saturated heterocycles. The van der Waals surface area contributed by atoms with Crippen molar-refractivity contribution in [3.63, 3.8) is 0 Å². The fourth-order valence-electron chi connectivity index (χ4n) is 2.56. The topological polar surface area (TPSA) is 76.8 Å². The summed E-state index contributed by atoms with van der Waals surface area (Å²) >= 11 is 0. The lowest BCUT2D eigenvalue weighted by Gasteiger charge is -2.37. The smallest absolute Gasteiger partial charge is 0.237 e. The van der Waals surface area contributed by atoms with Gasteiger partial charge in [-0.3, -0.25) is 9.69 Å². The number of carbonyl (C=O) groups is 1. The second-order valence-corrected chi connectivity index (χ2v) is 6.07. The molecule has 0 saturated carbocycles. The van der Waals surface area contributed by atoms with Crippen molar-refractivity contribution in [1.82, 2.24) is 10.2 Å². The molecule has 6 heteroatoms. The van der Waals surface area contributed by atoms with Crippen molar-refractivity contribution in [1.29, 1.82) is 0 Å². The maximum absolute atomic E-state index is 11.8. The van der Waals surface area contributed by atoms with Gasteiger partial charge in [-0.25, -0.2) is 0 Å². The van der Waals surface area contributed by atoms with Gasteiger partial charge in [0.25, 0.3) is 0 Å². The van der Waals surface area contributed by atoms with Gasteiger partial charge in [0, 0.05) is 39.4 Å². The van der Waals surface area contributed by atoms with Gasteiger partial charge in [0.05, 0.1) is 18.8 Å². The van der Waals surface area contributed by atoms with Gasteiger partial charge in [-0.1, -0.05) is 0 Å². The molecule has 21 heavy (non-hydrogen) atoms. The lowest BCUT2D eigenvalue weighted by Crippen LogP contribution is -2.58. The van der Waals surface area contributed by atoms with Crippen molar-refractivity contribution in [2.24, 2.45) is 5.73 Å². The predicted molar refractivity (Wildman–Crippen MR) is 85.3 cm³/mol. The average Bonchev–Trinajstić information content (AvgIpc) is 2.37. The number of nitrogens with two attached hydrogens (primary N) is 1. The first-order chi connectivity index (χ1) is 9.76. The molecule has 0 aliphatic carbocycles. The second kappa shape index (κ2) is 10.1. The SMILES string of the molecule is COCCN(CCOC)C(C)CC(C)(NC(C)C)C(N)=O. The highest BCUT2D eigenvalue weighted by molar-refractivity contribution is 5.84. The first kappa shape index (κ1) is 20.3. The van der Waals surface area contributed by atoms with E-state index < -0.39 is 5.54 Å². The van der Waals surface area contributed by atoms with Crippen LogP contribution in [-0.4, -0.2) is 69.0 Å². The Morgan fingerprint density at radius 3 is 2.00 bits per heavy atom. The molecular formula is C15H33N3O3. The fraction of sp³-hybridized carbons (Fsp3) is 0.933. The Morgan fingerprint density at radius 1 is 1.19 bits per heavy atom. The summed E-state index contributed by atoms with van der Waals surface area (Å²) in [7, 11) is 3.38. The summed E-state index contributed by atoms with van der Waals surface area (Å²) in [4.78, 5) is 14.1. The Balaban J connectivity index is 4.79. The molecule has 0 aromatic rings. The van der Waals surface area contributed by atoms with Crippen molar-refractivity contribution < 1.29 is 14.3 Å². The van der Waals surface area contributed by atoms with E-state index in [1.165, 1.54) is 0 Å².